The fourth-order valence-corrected chi connectivity index (χ4v) is 5.27. The van der Waals surface area contributed by atoms with Crippen molar-refractivity contribution in [1.29, 1.82) is 0 Å². The predicted octanol–water partition coefficient (Wildman–Crippen LogP) is 6.99. The SMILES string of the molecule is O=C(Nc1ccc(N2CCC(Cc3ccccc3)CC2)c(C(=O)NC2CC2)c1)Nc1c(Cl)cccc1Cl. The average molecular weight is 537 g/mol. The maximum absolute atomic E-state index is 13.2. The highest BCUT2D eigenvalue weighted by atomic mass is 35.5. The van der Waals surface area contributed by atoms with E-state index in [9.17, 15) is 9.59 Å². The normalized spacial score (nSPS) is 15.8. The summed E-state index contributed by atoms with van der Waals surface area (Å²) in [7, 11) is 0. The van der Waals surface area contributed by atoms with E-state index in [0.717, 1.165) is 50.9 Å². The van der Waals surface area contributed by atoms with Gasteiger partial charge in [-0.25, -0.2) is 4.79 Å². The van der Waals surface area contributed by atoms with E-state index in [0.29, 0.717) is 32.9 Å². The van der Waals surface area contributed by atoms with Gasteiger partial charge in [-0.15, -0.1) is 0 Å². The zero-order chi connectivity index (χ0) is 25.8. The molecule has 1 saturated heterocycles. The Labute approximate surface area is 227 Å². The minimum absolute atomic E-state index is 0.109. The highest BCUT2D eigenvalue weighted by molar-refractivity contribution is 6.39. The van der Waals surface area contributed by atoms with Gasteiger partial charge in [-0.3, -0.25) is 4.79 Å². The summed E-state index contributed by atoms with van der Waals surface area (Å²) in [5.74, 6) is 0.519. The van der Waals surface area contributed by atoms with Crippen molar-refractivity contribution >= 4 is 52.2 Å². The first-order valence-corrected chi connectivity index (χ1v) is 13.5. The monoisotopic (exact) mass is 536 g/mol. The van der Waals surface area contributed by atoms with Crippen molar-refractivity contribution in [3.63, 3.8) is 0 Å². The molecule has 1 saturated carbocycles. The Kier molecular flexibility index (Phi) is 7.87. The lowest BCUT2D eigenvalue weighted by atomic mass is 9.89. The topological polar surface area (TPSA) is 73.5 Å². The van der Waals surface area contributed by atoms with Gasteiger partial charge >= 0.3 is 6.03 Å². The van der Waals surface area contributed by atoms with Crippen molar-refractivity contribution in [2.24, 2.45) is 5.92 Å². The number of amides is 3. The van der Waals surface area contributed by atoms with Crippen LogP contribution in [0.2, 0.25) is 10.0 Å². The van der Waals surface area contributed by atoms with Gasteiger partial charge < -0.3 is 20.9 Å². The molecule has 37 heavy (non-hydrogen) atoms. The molecule has 0 unspecified atom stereocenters. The second-order valence-corrected chi connectivity index (χ2v) is 10.6. The number of urea groups is 1. The Morgan fingerprint density at radius 3 is 2.22 bits per heavy atom. The molecule has 0 aromatic heterocycles. The first-order chi connectivity index (χ1) is 18.0. The van der Waals surface area contributed by atoms with E-state index in [-0.39, 0.29) is 11.9 Å². The number of carbonyl (C=O) groups is 2. The molecular weight excluding hydrogens is 507 g/mol. The van der Waals surface area contributed by atoms with Crippen LogP contribution in [-0.2, 0) is 6.42 Å². The molecule has 6 nitrogen and oxygen atoms in total. The van der Waals surface area contributed by atoms with E-state index in [1.807, 2.05) is 12.1 Å². The third-order valence-corrected chi connectivity index (χ3v) is 7.57. The molecule has 0 bridgehead atoms. The van der Waals surface area contributed by atoms with Crippen molar-refractivity contribution in [3.8, 4) is 0 Å². The van der Waals surface area contributed by atoms with E-state index in [2.05, 4.69) is 51.2 Å². The number of anilines is 3. The number of rotatable bonds is 7. The van der Waals surface area contributed by atoms with Crippen LogP contribution in [0.4, 0.5) is 21.9 Å². The van der Waals surface area contributed by atoms with Gasteiger partial charge in [0.1, 0.15) is 0 Å². The molecule has 3 amide bonds. The molecular formula is C29H30Cl2N4O2. The maximum Gasteiger partial charge on any atom is 0.323 e. The van der Waals surface area contributed by atoms with Crippen molar-refractivity contribution in [3.05, 3.63) is 87.9 Å². The first kappa shape index (κ1) is 25.4. The second kappa shape index (κ2) is 11.4. The highest BCUT2D eigenvalue weighted by Crippen LogP contribution is 2.32. The number of nitrogens with one attached hydrogen (secondary N) is 3. The van der Waals surface area contributed by atoms with Crippen LogP contribution in [-0.4, -0.2) is 31.1 Å². The van der Waals surface area contributed by atoms with Crippen LogP contribution in [0.3, 0.4) is 0 Å². The number of hydrogen-bond acceptors (Lipinski definition) is 3. The largest absolute Gasteiger partial charge is 0.371 e. The Morgan fingerprint density at radius 1 is 0.838 bits per heavy atom. The van der Waals surface area contributed by atoms with Crippen LogP contribution in [0.25, 0.3) is 0 Å². The van der Waals surface area contributed by atoms with E-state index < -0.39 is 6.03 Å². The number of hydrogen-bond donors (Lipinski definition) is 3. The highest BCUT2D eigenvalue weighted by Gasteiger charge is 2.28. The van der Waals surface area contributed by atoms with Gasteiger partial charge in [0.2, 0.25) is 0 Å². The van der Waals surface area contributed by atoms with Gasteiger partial charge in [0, 0.05) is 30.5 Å². The number of carbonyl (C=O) groups excluding carboxylic acids is 2. The number of halogens is 2. The van der Waals surface area contributed by atoms with Gasteiger partial charge in [-0.05, 0) is 73.9 Å². The quantitative estimate of drug-likeness (QED) is 0.304. The van der Waals surface area contributed by atoms with Crippen LogP contribution in [0.5, 0.6) is 0 Å². The fraction of sp³-hybridized carbons (Fsp3) is 0.310. The predicted molar refractivity (Wildman–Crippen MR) is 151 cm³/mol. The molecule has 2 fully saturated rings. The van der Waals surface area contributed by atoms with Gasteiger partial charge in [0.05, 0.1) is 21.3 Å². The first-order valence-electron chi connectivity index (χ1n) is 12.7. The number of piperidine rings is 1. The lowest BCUT2D eigenvalue weighted by molar-refractivity contribution is 0.0951. The molecule has 2 aliphatic rings. The van der Waals surface area contributed by atoms with Gasteiger partial charge in [0.15, 0.2) is 0 Å². The van der Waals surface area contributed by atoms with Gasteiger partial charge in [-0.2, -0.15) is 0 Å². The molecule has 3 N–H and O–H groups in total. The summed E-state index contributed by atoms with van der Waals surface area (Å²) in [4.78, 5) is 28.1. The van der Waals surface area contributed by atoms with E-state index in [1.165, 1.54) is 5.56 Å². The molecule has 192 valence electrons. The Balaban J connectivity index is 1.29. The molecule has 0 radical (unpaired) electrons. The summed E-state index contributed by atoms with van der Waals surface area (Å²) >= 11 is 12.3. The number of benzene rings is 3. The molecule has 8 heteroatoms. The van der Waals surface area contributed by atoms with E-state index in [4.69, 9.17) is 23.2 Å². The summed E-state index contributed by atoms with van der Waals surface area (Å²) in [5.41, 5.74) is 3.70. The molecule has 1 aliphatic carbocycles. The average Bonchev–Trinajstić information content (AvgIpc) is 3.71. The molecule has 5 rings (SSSR count). The molecule has 0 atom stereocenters. The van der Waals surface area contributed by atoms with Crippen molar-refractivity contribution in [1.82, 2.24) is 5.32 Å². The second-order valence-electron chi connectivity index (χ2n) is 9.78. The molecule has 3 aromatic carbocycles. The van der Waals surface area contributed by atoms with Crippen LogP contribution in [0, 0.1) is 5.92 Å². The summed E-state index contributed by atoms with van der Waals surface area (Å²) in [6.45, 7) is 1.78. The summed E-state index contributed by atoms with van der Waals surface area (Å²) in [6.07, 6.45) is 5.23. The maximum atomic E-state index is 13.2. The Bertz CT molecular complexity index is 1250. The minimum atomic E-state index is -0.488. The van der Waals surface area contributed by atoms with Gasteiger partial charge in [-0.1, -0.05) is 59.6 Å². The van der Waals surface area contributed by atoms with Crippen molar-refractivity contribution in [2.75, 3.05) is 28.6 Å². The lowest BCUT2D eigenvalue weighted by Gasteiger charge is -2.35. The standard InChI is InChI=1S/C29H30Cl2N4O2/c30-24-7-4-8-25(31)27(24)34-29(37)33-22-11-12-26(23(18-22)28(36)32-21-9-10-21)35-15-13-20(14-16-35)17-19-5-2-1-3-6-19/h1-8,11-12,18,20-21H,9-10,13-17H2,(H,32,36)(H2,33,34,37). The zero-order valence-corrected chi connectivity index (χ0v) is 22.0. The van der Waals surface area contributed by atoms with Crippen molar-refractivity contribution in [2.45, 2.75) is 38.1 Å². The summed E-state index contributed by atoms with van der Waals surface area (Å²) in [5, 5.41) is 9.29. The van der Waals surface area contributed by atoms with E-state index >= 15 is 0 Å². The summed E-state index contributed by atoms with van der Waals surface area (Å²) in [6, 6.07) is 20.9. The van der Waals surface area contributed by atoms with E-state index in [1.54, 1.807) is 24.3 Å². The molecule has 3 aromatic rings. The van der Waals surface area contributed by atoms with Crippen LogP contribution in [0.15, 0.2) is 66.7 Å². The molecule has 1 heterocycles. The third-order valence-electron chi connectivity index (χ3n) is 6.94. The minimum Gasteiger partial charge on any atom is -0.371 e. The molecule has 1 aliphatic heterocycles. The lowest BCUT2D eigenvalue weighted by Crippen LogP contribution is -2.36. The third kappa shape index (κ3) is 6.56. The number of nitrogens with zero attached hydrogens (tertiary/aromatic N) is 1. The smallest absolute Gasteiger partial charge is 0.323 e. The summed E-state index contributed by atoms with van der Waals surface area (Å²) < 4.78 is 0. The Morgan fingerprint density at radius 2 is 1.54 bits per heavy atom. The van der Waals surface area contributed by atoms with Crippen LogP contribution >= 0.6 is 23.2 Å². The van der Waals surface area contributed by atoms with Crippen LogP contribution in [0.1, 0.15) is 41.6 Å². The fourth-order valence-electron chi connectivity index (χ4n) is 4.78. The van der Waals surface area contributed by atoms with Crippen LogP contribution < -0.4 is 20.9 Å². The van der Waals surface area contributed by atoms with Crippen molar-refractivity contribution < 1.29 is 9.59 Å². The van der Waals surface area contributed by atoms with Gasteiger partial charge in [0.25, 0.3) is 5.91 Å². The zero-order valence-electron chi connectivity index (χ0n) is 20.5. The number of para-hydroxylation sites is 1. The Hall–Kier alpha value is -3.22. The molecule has 0 spiro atoms.